The van der Waals surface area contributed by atoms with Crippen LogP contribution >= 0.6 is 23.2 Å². The van der Waals surface area contributed by atoms with Crippen LogP contribution in [-0.2, 0) is 17.1 Å². The van der Waals surface area contributed by atoms with Gasteiger partial charge in [0.05, 0.1) is 27.6 Å². The van der Waals surface area contributed by atoms with Gasteiger partial charge in [0.25, 0.3) is 10.0 Å². The van der Waals surface area contributed by atoms with Crippen LogP contribution in [0.25, 0.3) is 11.0 Å². The summed E-state index contributed by atoms with van der Waals surface area (Å²) < 4.78 is 29.1. The summed E-state index contributed by atoms with van der Waals surface area (Å²) >= 11 is 11.9. The molecule has 9 heteroatoms. The normalized spacial score (nSPS) is 11.8. The van der Waals surface area contributed by atoms with Crippen LogP contribution in [0.5, 0.6) is 0 Å². The fourth-order valence-corrected chi connectivity index (χ4v) is 4.06. The zero-order chi connectivity index (χ0) is 16.8. The van der Waals surface area contributed by atoms with Gasteiger partial charge in [-0.05, 0) is 25.1 Å². The van der Waals surface area contributed by atoms with Gasteiger partial charge < -0.3 is 0 Å². The lowest BCUT2D eigenvalue weighted by molar-refractivity contribution is 0.601. The number of hydrogen-bond donors (Lipinski definition) is 1. The zero-order valence-electron chi connectivity index (χ0n) is 12.2. The highest BCUT2D eigenvalue weighted by Crippen LogP contribution is 2.30. The largest absolute Gasteiger partial charge is 0.278 e. The van der Waals surface area contributed by atoms with Crippen molar-refractivity contribution in [2.24, 2.45) is 7.05 Å². The predicted molar refractivity (Wildman–Crippen MR) is 90.5 cm³/mol. The van der Waals surface area contributed by atoms with Crippen molar-refractivity contribution >= 4 is 49.9 Å². The van der Waals surface area contributed by atoms with Crippen LogP contribution in [0.1, 0.15) is 5.69 Å². The molecular formula is C14H12Cl2N4O2S. The van der Waals surface area contributed by atoms with Crippen molar-refractivity contribution < 1.29 is 8.42 Å². The van der Waals surface area contributed by atoms with Crippen LogP contribution in [0, 0.1) is 6.92 Å². The number of halogens is 2. The number of anilines is 1. The lowest BCUT2D eigenvalue weighted by Gasteiger charge is -2.10. The minimum atomic E-state index is -3.87. The number of aryl methyl sites for hydroxylation is 2. The van der Waals surface area contributed by atoms with Gasteiger partial charge in [-0.2, -0.15) is 5.10 Å². The van der Waals surface area contributed by atoms with Gasteiger partial charge in [0.15, 0.2) is 5.65 Å². The Hall–Kier alpha value is -1.83. The number of nitrogens with zero attached hydrogens (tertiary/aromatic N) is 3. The molecule has 0 fully saturated rings. The van der Waals surface area contributed by atoms with Crippen LogP contribution in [0.4, 0.5) is 5.69 Å². The molecule has 0 aliphatic rings. The minimum absolute atomic E-state index is 0.0201. The van der Waals surface area contributed by atoms with E-state index >= 15 is 0 Å². The maximum absolute atomic E-state index is 12.5. The lowest BCUT2D eigenvalue weighted by atomic mass is 10.3. The molecule has 0 atom stereocenters. The van der Waals surface area contributed by atoms with E-state index in [1.807, 2.05) is 6.92 Å². The van der Waals surface area contributed by atoms with Crippen LogP contribution < -0.4 is 4.72 Å². The molecule has 2 aromatic heterocycles. The number of rotatable bonds is 3. The second kappa shape index (κ2) is 5.67. The van der Waals surface area contributed by atoms with Gasteiger partial charge in [0, 0.05) is 12.4 Å². The Kier molecular flexibility index (Phi) is 3.95. The van der Waals surface area contributed by atoms with E-state index in [0.717, 1.165) is 11.1 Å². The molecule has 6 nitrogen and oxygen atoms in total. The zero-order valence-corrected chi connectivity index (χ0v) is 14.5. The van der Waals surface area contributed by atoms with Crippen molar-refractivity contribution in [3.63, 3.8) is 0 Å². The Labute approximate surface area is 143 Å². The molecule has 3 aromatic rings. The summed E-state index contributed by atoms with van der Waals surface area (Å²) in [5, 5.41) is 5.17. The molecule has 0 bridgehead atoms. The van der Waals surface area contributed by atoms with Gasteiger partial charge >= 0.3 is 0 Å². The molecule has 2 heterocycles. The summed E-state index contributed by atoms with van der Waals surface area (Å²) in [6.45, 7) is 1.83. The number of sulfonamides is 1. The highest BCUT2D eigenvalue weighted by atomic mass is 35.5. The molecular weight excluding hydrogens is 359 g/mol. The molecule has 0 unspecified atom stereocenters. The van der Waals surface area contributed by atoms with E-state index in [1.54, 1.807) is 17.8 Å². The number of nitrogens with one attached hydrogen (secondary N) is 1. The van der Waals surface area contributed by atoms with Crippen molar-refractivity contribution in [3.05, 3.63) is 46.2 Å². The first-order valence-corrected chi connectivity index (χ1v) is 8.79. The van der Waals surface area contributed by atoms with Crippen LogP contribution in [0.2, 0.25) is 10.0 Å². The molecule has 0 radical (unpaired) electrons. The van der Waals surface area contributed by atoms with Crippen LogP contribution in [0.15, 0.2) is 35.4 Å². The average molecular weight is 371 g/mol. The van der Waals surface area contributed by atoms with E-state index < -0.39 is 10.0 Å². The predicted octanol–water partition coefficient (Wildman–Crippen LogP) is 3.38. The summed E-state index contributed by atoms with van der Waals surface area (Å²) in [4.78, 5) is 4.15. The SMILES string of the molecule is Cc1nn(C)c2ncc(NS(=O)(=O)c3cccc(Cl)c3Cl)cc12. The Morgan fingerprint density at radius 2 is 2.00 bits per heavy atom. The number of hydrogen-bond acceptors (Lipinski definition) is 4. The summed E-state index contributed by atoms with van der Waals surface area (Å²) in [7, 11) is -2.10. The molecule has 3 rings (SSSR count). The van der Waals surface area contributed by atoms with Crippen LogP contribution in [0.3, 0.4) is 0 Å². The van der Waals surface area contributed by atoms with Gasteiger partial charge in [0.2, 0.25) is 0 Å². The van der Waals surface area contributed by atoms with Gasteiger partial charge in [0.1, 0.15) is 4.90 Å². The molecule has 0 spiro atoms. The quantitative estimate of drug-likeness (QED) is 0.766. The van der Waals surface area contributed by atoms with Gasteiger partial charge in [-0.15, -0.1) is 0 Å². The maximum atomic E-state index is 12.5. The molecule has 0 saturated carbocycles. The summed E-state index contributed by atoms with van der Waals surface area (Å²) in [5.74, 6) is 0. The third-order valence-electron chi connectivity index (χ3n) is 3.32. The fourth-order valence-electron chi connectivity index (χ4n) is 2.27. The monoisotopic (exact) mass is 370 g/mol. The van der Waals surface area contributed by atoms with Gasteiger partial charge in [-0.3, -0.25) is 9.40 Å². The minimum Gasteiger partial charge on any atom is -0.278 e. The summed E-state index contributed by atoms with van der Waals surface area (Å²) in [6, 6.07) is 6.11. The van der Waals surface area contributed by atoms with E-state index in [0.29, 0.717) is 11.3 Å². The first kappa shape index (κ1) is 16.0. The smallest absolute Gasteiger partial charge is 0.263 e. The van der Waals surface area contributed by atoms with Crippen molar-refractivity contribution in [3.8, 4) is 0 Å². The highest BCUT2D eigenvalue weighted by molar-refractivity contribution is 7.92. The Balaban J connectivity index is 2.04. The molecule has 1 N–H and O–H groups in total. The maximum Gasteiger partial charge on any atom is 0.263 e. The molecule has 120 valence electrons. The second-order valence-electron chi connectivity index (χ2n) is 4.96. The molecule has 0 amide bonds. The molecule has 0 saturated heterocycles. The second-order valence-corrected chi connectivity index (χ2v) is 7.40. The fraction of sp³-hybridized carbons (Fsp3) is 0.143. The third kappa shape index (κ3) is 2.87. The van der Waals surface area contributed by atoms with E-state index in [2.05, 4.69) is 14.8 Å². The summed E-state index contributed by atoms with van der Waals surface area (Å²) in [5.41, 5.74) is 1.76. The number of pyridine rings is 1. The van der Waals surface area contributed by atoms with E-state index in [4.69, 9.17) is 23.2 Å². The Bertz CT molecular complexity index is 1020. The first-order valence-electron chi connectivity index (χ1n) is 6.56. The third-order valence-corrected chi connectivity index (χ3v) is 5.68. The van der Waals surface area contributed by atoms with Gasteiger partial charge in [-0.25, -0.2) is 13.4 Å². The van der Waals surface area contributed by atoms with E-state index in [-0.39, 0.29) is 14.9 Å². The number of benzene rings is 1. The van der Waals surface area contributed by atoms with Crippen LogP contribution in [-0.4, -0.2) is 23.2 Å². The highest BCUT2D eigenvalue weighted by Gasteiger charge is 2.20. The summed E-state index contributed by atoms with van der Waals surface area (Å²) in [6.07, 6.45) is 1.43. The number of fused-ring (bicyclic) bond motifs is 1. The lowest BCUT2D eigenvalue weighted by Crippen LogP contribution is -2.13. The average Bonchev–Trinajstić information content (AvgIpc) is 2.76. The first-order chi connectivity index (χ1) is 10.8. The van der Waals surface area contributed by atoms with Crippen molar-refractivity contribution in [1.29, 1.82) is 0 Å². The molecule has 1 aromatic carbocycles. The van der Waals surface area contributed by atoms with Crippen molar-refractivity contribution in [2.75, 3.05) is 4.72 Å². The number of aromatic nitrogens is 3. The van der Waals surface area contributed by atoms with Crippen molar-refractivity contribution in [1.82, 2.24) is 14.8 Å². The molecule has 23 heavy (non-hydrogen) atoms. The topological polar surface area (TPSA) is 76.9 Å². The Morgan fingerprint density at radius 3 is 2.74 bits per heavy atom. The molecule has 0 aliphatic carbocycles. The van der Waals surface area contributed by atoms with Gasteiger partial charge in [-0.1, -0.05) is 29.3 Å². The standard InChI is InChI=1S/C14H12Cl2N4O2S/c1-8-10-6-9(7-17-14(10)20(2)18-8)19-23(21,22)12-5-3-4-11(15)13(12)16/h3-7,19H,1-2H3. The Morgan fingerprint density at radius 1 is 1.26 bits per heavy atom. The van der Waals surface area contributed by atoms with E-state index in [1.165, 1.54) is 24.4 Å². The van der Waals surface area contributed by atoms with E-state index in [9.17, 15) is 8.42 Å². The molecule has 0 aliphatic heterocycles. The van der Waals surface area contributed by atoms with Crippen molar-refractivity contribution in [2.45, 2.75) is 11.8 Å².